The minimum absolute atomic E-state index is 0.319. The zero-order valence-electron chi connectivity index (χ0n) is 15.2. The van der Waals surface area contributed by atoms with Crippen molar-refractivity contribution in [1.82, 2.24) is 10.2 Å². The fourth-order valence-electron chi connectivity index (χ4n) is 4.91. The van der Waals surface area contributed by atoms with E-state index < -0.39 is 11.7 Å². The molecule has 4 rings (SSSR count). The first kappa shape index (κ1) is 18.1. The maximum absolute atomic E-state index is 13.7. The number of halogens is 3. The second-order valence-corrected chi connectivity index (χ2v) is 8.24. The van der Waals surface area contributed by atoms with Gasteiger partial charge < -0.3 is 10.2 Å². The van der Waals surface area contributed by atoms with Gasteiger partial charge in [0.15, 0.2) is 0 Å². The van der Waals surface area contributed by atoms with Gasteiger partial charge in [-0.25, -0.2) is 0 Å². The molecule has 6 heteroatoms. The van der Waals surface area contributed by atoms with Crippen molar-refractivity contribution in [3.63, 3.8) is 0 Å². The highest BCUT2D eigenvalue weighted by molar-refractivity contribution is 5.52. The van der Waals surface area contributed by atoms with Crippen LogP contribution in [0.1, 0.15) is 43.2 Å². The van der Waals surface area contributed by atoms with Crippen molar-refractivity contribution >= 4 is 5.69 Å². The van der Waals surface area contributed by atoms with Gasteiger partial charge in [-0.3, -0.25) is 4.90 Å². The summed E-state index contributed by atoms with van der Waals surface area (Å²) < 4.78 is 41.1. The number of nitrogens with one attached hydrogen (secondary N) is 1. The molecule has 3 aliphatic heterocycles. The molecule has 0 bridgehead atoms. The van der Waals surface area contributed by atoms with E-state index in [1.807, 2.05) is 6.07 Å². The van der Waals surface area contributed by atoms with Crippen LogP contribution in [0.3, 0.4) is 0 Å². The number of alkyl halides is 3. The maximum atomic E-state index is 13.7. The lowest BCUT2D eigenvalue weighted by atomic mass is 9.78. The molecule has 1 spiro atoms. The minimum Gasteiger partial charge on any atom is -0.372 e. The molecule has 0 unspecified atom stereocenters. The predicted molar refractivity (Wildman–Crippen MR) is 97.3 cm³/mol. The van der Waals surface area contributed by atoms with E-state index in [1.54, 1.807) is 6.07 Å². The molecular weight excluding hydrogens is 339 g/mol. The van der Waals surface area contributed by atoms with E-state index in [2.05, 4.69) is 15.1 Å². The monoisotopic (exact) mass is 367 g/mol. The Labute approximate surface area is 153 Å². The fraction of sp³-hybridized carbons (Fsp3) is 0.700. The molecule has 0 amide bonds. The normalized spacial score (nSPS) is 23.9. The summed E-state index contributed by atoms with van der Waals surface area (Å²) >= 11 is 0. The van der Waals surface area contributed by atoms with E-state index in [0.29, 0.717) is 17.5 Å². The molecule has 1 N–H and O–H groups in total. The van der Waals surface area contributed by atoms with Crippen molar-refractivity contribution in [2.24, 2.45) is 5.41 Å². The number of likely N-dealkylation sites (tertiary alicyclic amines) is 1. The van der Waals surface area contributed by atoms with Crippen LogP contribution in [0.25, 0.3) is 0 Å². The third-order valence-corrected chi connectivity index (χ3v) is 6.45. The lowest BCUT2D eigenvalue weighted by Crippen LogP contribution is -2.38. The number of hydrogen-bond donors (Lipinski definition) is 1. The molecule has 1 aromatic rings. The Balaban J connectivity index is 1.52. The molecule has 3 aliphatic rings. The SMILES string of the molecule is FC(F)(F)c1cc(N2CCCC2)ccc1CN1CCC2(CCNCC2)C1. The smallest absolute Gasteiger partial charge is 0.372 e. The molecule has 0 aromatic heterocycles. The number of anilines is 1. The Morgan fingerprint density at radius 1 is 1.00 bits per heavy atom. The maximum Gasteiger partial charge on any atom is 0.416 e. The first-order valence-electron chi connectivity index (χ1n) is 9.83. The van der Waals surface area contributed by atoms with Crippen LogP contribution in [0.5, 0.6) is 0 Å². The van der Waals surface area contributed by atoms with E-state index in [1.165, 1.54) is 6.07 Å². The van der Waals surface area contributed by atoms with Gasteiger partial charge in [0.05, 0.1) is 5.56 Å². The Kier molecular flexibility index (Phi) is 4.90. The summed E-state index contributed by atoms with van der Waals surface area (Å²) in [5.74, 6) is 0. The average molecular weight is 367 g/mol. The number of hydrogen-bond acceptors (Lipinski definition) is 3. The van der Waals surface area contributed by atoms with Gasteiger partial charge in [-0.2, -0.15) is 13.2 Å². The summed E-state index contributed by atoms with van der Waals surface area (Å²) in [5.41, 5.74) is 1.01. The molecular formula is C20H28F3N3. The van der Waals surface area contributed by atoms with Gasteiger partial charge in [0, 0.05) is 31.9 Å². The molecule has 0 atom stereocenters. The van der Waals surface area contributed by atoms with E-state index in [0.717, 1.165) is 77.1 Å². The summed E-state index contributed by atoms with van der Waals surface area (Å²) in [7, 11) is 0. The highest BCUT2D eigenvalue weighted by Crippen LogP contribution is 2.41. The number of rotatable bonds is 3. The third kappa shape index (κ3) is 3.72. The number of nitrogens with zero attached hydrogens (tertiary/aromatic N) is 2. The van der Waals surface area contributed by atoms with Crippen LogP contribution in [-0.2, 0) is 12.7 Å². The Morgan fingerprint density at radius 3 is 2.42 bits per heavy atom. The summed E-state index contributed by atoms with van der Waals surface area (Å²) in [5, 5.41) is 3.39. The second kappa shape index (κ2) is 7.04. The lowest BCUT2D eigenvalue weighted by Gasteiger charge is -2.34. The summed E-state index contributed by atoms with van der Waals surface area (Å²) in [4.78, 5) is 4.30. The van der Waals surface area contributed by atoms with Crippen molar-refractivity contribution in [3.05, 3.63) is 29.3 Å². The van der Waals surface area contributed by atoms with Crippen molar-refractivity contribution in [2.45, 2.75) is 44.8 Å². The van der Waals surface area contributed by atoms with Crippen LogP contribution in [0.2, 0.25) is 0 Å². The molecule has 3 nitrogen and oxygen atoms in total. The van der Waals surface area contributed by atoms with Crippen LogP contribution in [0.4, 0.5) is 18.9 Å². The molecule has 3 saturated heterocycles. The van der Waals surface area contributed by atoms with Crippen LogP contribution in [-0.4, -0.2) is 44.2 Å². The molecule has 1 aromatic carbocycles. The molecule has 26 heavy (non-hydrogen) atoms. The quantitative estimate of drug-likeness (QED) is 0.875. The zero-order valence-corrected chi connectivity index (χ0v) is 15.2. The Bertz CT molecular complexity index is 632. The largest absolute Gasteiger partial charge is 0.416 e. The summed E-state index contributed by atoms with van der Waals surface area (Å²) in [6.07, 6.45) is 1.23. The minimum atomic E-state index is -4.29. The number of piperidine rings is 1. The highest BCUT2D eigenvalue weighted by Gasteiger charge is 2.40. The molecule has 0 aliphatic carbocycles. The van der Waals surface area contributed by atoms with E-state index in [-0.39, 0.29) is 0 Å². The highest BCUT2D eigenvalue weighted by atomic mass is 19.4. The molecule has 3 fully saturated rings. The predicted octanol–water partition coefficient (Wildman–Crippen LogP) is 3.88. The van der Waals surface area contributed by atoms with E-state index >= 15 is 0 Å². The zero-order chi connectivity index (χ0) is 18.2. The lowest BCUT2D eigenvalue weighted by molar-refractivity contribution is -0.138. The van der Waals surface area contributed by atoms with Gasteiger partial charge in [-0.1, -0.05) is 6.07 Å². The Hall–Kier alpha value is -1.27. The molecule has 0 radical (unpaired) electrons. The van der Waals surface area contributed by atoms with Crippen molar-refractivity contribution in [1.29, 1.82) is 0 Å². The summed E-state index contributed by atoms with van der Waals surface area (Å²) in [6, 6.07) is 4.97. The van der Waals surface area contributed by atoms with Gasteiger partial charge >= 0.3 is 6.18 Å². The first-order chi connectivity index (χ1) is 12.5. The standard InChI is InChI=1S/C20H28F3N3/c21-20(22,23)18-13-17(26-10-1-2-11-26)4-3-16(18)14-25-12-7-19(15-25)5-8-24-9-6-19/h3-4,13,24H,1-2,5-12,14-15H2. The van der Waals surface area contributed by atoms with Crippen molar-refractivity contribution < 1.29 is 13.2 Å². The average Bonchev–Trinajstić information content (AvgIpc) is 3.26. The number of benzene rings is 1. The molecule has 144 valence electrons. The van der Waals surface area contributed by atoms with Crippen molar-refractivity contribution in [3.8, 4) is 0 Å². The van der Waals surface area contributed by atoms with Crippen molar-refractivity contribution in [2.75, 3.05) is 44.2 Å². The summed E-state index contributed by atoms with van der Waals surface area (Å²) in [6.45, 7) is 6.03. The van der Waals surface area contributed by atoms with Crippen LogP contribution in [0, 0.1) is 5.41 Å². The van der Waals surface area contributed by atoms with Gasteiger partial charge in [0.1, 0.15) is 0 Å². The van der Waals surface area contributed by atoms with Gasteiger partial charge in [-0.15, -0.1) is 0 Å². The molecule has 3 heterocycles. The fourth-order valence-corrected chi connectivity index (χ4v) is 4.91. The van der Waals surface area contributed by atoms with Crippen LogP contribution >= 0.6 is 0 Å². The van der Waals surface area contributed by atoms with Gasteiger partial charge in [-0.05, 0) is 74.8 Å². The van der Waals surface area contributed by atoms with Crippen LogP contribution < -0.4 is 10.2 Å². The first-order valence-corrected chi connectivity index (χ1v) is 9.83. The second-order valence-electron chi connectivity index (χ2n) is 8.24. The van der Waals surface area contributed by atoms with Gasteiger partial charge in [0.25, 0.3) is 0 Å². The van der Waals surface area contributed by atoms with Gasteiger partial charge in [0.2, 0.25) is 0 Å². The third-order valence-electron chi connectivity index (χ3n) is 6.45. The topological polar surface area (TPSA) is 18.5 Å². The van der Waals surface area contributed by atoms with Crippen LogP contribution in [0.15, 0.2) is 18.2 Å². The van der Waals surface area contributed by atoms with E-state index in [9.17, 15) is 13.2 Å². The van der Waals surface area contributed by atoms with E-state index in [4.69, 9.17) is 0 Å². The molecule has 0 saturated carbocycles. The Morgan fingerprint density at radius 2 is 1.73 bits per heavy atom.